The van der Waals surface area contributed by atoms with Gasteiger partial charge in [0, 0.05) is 17.6 Å². The van der Waals surface area contributed by atoms with Crippen LogP contribution >= 0.6 is 15.9 Å². The highest BCUT2D eigenvalue weighted by molar-refractivity contribution is 9.10. The van der Waals surface area contributed by atoms with Gasteiger partial charge in [0.05, 0.1) is 16.1 Å². The van der Waals surface area contributed by atoms with E-state index < -0.39 is 11.0 Å². The van der Waals surface area contributed by atoms with Crippen molar-refractivity contribution < 1.29 is 14.5 Å². The van der Waals surface area contributed by atoms with Crippen molar-refractivity contribution in [3.63, 3.8) is 0 Å². The third-order valence-corrected chi connectivity index (χ3v) is 4.20. The number of ether oxygens (including phenoxy) is 1. The summed E-state index contributed by atoms with van der Waals surface area (Å²) in [5, 5.41) is 14.1. The molecule has 1 aliphatic heterocycles. The van der Waals surface area contributed by atoms with Crippen molar-refractivity contribution in [1.82, 2.24) is 5.32 Å². The number of hydrogen-bond acceptors (Lipinski definition) is 5. The molecule has 2 aromatic rings. The minimum Gasteiger partial charge on any atom is -0.462 e. The Hall–Kier alpha value is -2.67. The molecule has 1 N–H and O–H groups in total. The van der Waals surface area contributed by atoms with E-state index in [9.17, 15) is 14.9 Å². The molecule has 0 saturated carbocycles. The summed E-state index contributed by atoms with van der Waals surface area (Å²) in [5.41, 5.74) is 1.16. The number of para-hydroxylation sites is 1. The first-order valence-electron chi connectivity index (χ1n) is 7.15. The van der Waals surface area contributed by atoms with Crippen molar-refractivity contribution in [3.05, 3.63) is 80.1 Å². The molecular weight excluding hydrogens is 376 g/mol. The van der Waals surface area contributed by atoms with Crippen LogP contribution in [0.5, 0.6) is 0 Å². The number of nitrogens with one attached hydrogen (secondary N) is 1. The Balaban J connectivity index is 2.06. The first-order chi connectivity index (χ1) is 11.5. The van der Waals surface area contributed by atoms with Crippen LogP contribution in [-0.4, -0.2) is 17.8 Å². The van der Waals surface area contributed by atoms with Crippen LogP contribution in [0.25, 0.3) is 5.57 Å². The molecule has 0 spiro atoms. The van der Waals surface area contributed by atoms with E-state index in [1.165, 1.54) is 12.1 Å². The monoisotopic (exact) mass is 388 g/mol. The zero-order chi connectivity index (χ0) is 17.3. The number of benzene rings is 2. The third kappa shape index (κ3) is 2.78. The predicted octanol–water partition coefficient (Wildman–Crippen LogP) is 3.59. The first-order valence-corrected chi connectivity index (χ1v) is 7.94. The maximum Gasteiger partial charge on any atom is 0.276 e. The molecule has 24 heavy (non-hydrogen) atoms. The Morgan fingerprint density at radius 3 is 2.62 bits per heavy atom. The standard InChI is InChI=1S/C17H13BrN2O4/c1-19-17-14(10-5-4-6-11(18)9-10)15(21)16(24-17)12-7-2-3-8-13(12)20(22)23/h2-9,16,19H,1H3. The number of Topliss-reactive ketones (excluding diaryl/α,β-unsaturated/α-hetero) is 1. The Labute approximate surface area is 146 Å². The van der Waals surface area contributed by atoms with Crippen LogP contribution in [0, 0.1) is 10.1 Å². The van der Waals surface area contributed by atoms with Gasteiger partial charge in [0.1, 0.15) is 0 Å². The minimum atomic E-state index is -1.04. The van der Waals surface area contributed by atoms with Gasteiger partial charge in [-0.2, -0.15) is 0 Å². The van der Waals surface area contributed by atoms with Crippen LogP contribution in [0.1, 0.15) is 17.2 Å². The van der Waals surface area contributed by atoms with Crippen molar-refractivity contribution in [3.8, 4) is 0 Å². The third-order valence-electron chi connectivity index (χ3n) is 3.70. The van der Waals surface area contributed by atoms with Gasteiger partial charge in [0.25, 0.3) is 5.69 Å². The van der Waals surface area contributed by atoms with Crippen LogP contribution in [0.2, 0.25) is 0 Å². The average molecular weight is 389 g/mol. The summed E-state index contributed by atoms with van der Waals surface area (Å²) >= 11 is 3.38. The normalized spacial score (nSPS) is 16.9. The number of carbonyl (C=O) groups is 1. The van der Waals surface area contributed by atoms with Crippen LogP contribution in [-0.2, 0) is 9.53 Å². The molecule has 0 aliphatic carbocycles. The van der Waals surface area contributed by atoms with Crippen LogP contribution in [0.3, 0.4) is 0 Å². The highest BCUT2D eigenvalue weighted by atomic mass is 79.9. The highest BCUT2D eigenvalue weighted by Crippen LogP contribution is 2.40. The molecule has 2 aromatic carbocycles. The minimum absolute atomic E-state index is 0.137. The number of carbonyl (C=O) groups excluding carboxylic acids is 1. The van der Waals surface area contributed by atoms with Gasteiger partial charge in [0.15, 0.2) is 12.0 Å². The number of nitro benzene ring substituents is 1. The zero-order valence-corrected chi connectivity index (χ0v) is 14.2. The maximum atomic E-state index is 12.9. The number of hydrogen-bond donors (Lipinski definition) is 1. The predicted molar refractivity (Wildman–Crippen MR) is 92.1 cm³/mol. The van der Waals surface area contributed by atoms with E-state index in [2.05, 4.69) is 21.2 Å². The summed E-state index contributed by atoms with van der Waals surface area (Å²) < 4.78 is 6.53. The van der Waals surface area contributed by atoms with Gasteiger partial charge >= 0.3 is 0 Å². The molecule has 7 heteroatoms. The van der Waals surface area contributed by atoms with Gasteiger partial charge in [-0.05, 0) is 23.8 Å². The second-order valence-electron chi connectivity index (χ2n) is 5.14. The van der Waals surface area contributed by atoms with Crippen LogP contribution in [0.15, 0.2) is 58.9 Å². The van der Waals surface area contributed by atoms with Crippen molar-refractivity contribution >= 4 is 33.0 Å². The topological polar surface area (TPSA) is 81.5 Å². The summed E-state index contributed by atoms with van der Waals surface area (Å²) in [6.07, 6.45) is -1.04. The second-order valence-corrected chi connectivity index (χ2v) is 6.06. The molecule has 1 heterocycles. The summed E-state index contributed by atoms with van der Waals surface area (Å²) in [6.45, 7) is 0. The molecule has 1 atom stereocenters. The zero-order valence-electron chi connectivity index (χ0n) is 12.7. The molecule has 1 aliphatic rings. The SMILES string of the molecule is CNC1=C(c2cccc(Br)c2)C(=O)C(c2ccccc2[N+](=O)[O-])O1. The molecular formula is C17H13BrN2O4. The van der Waals surface area contributed by atoms with E-state index in [1.54, 1.807) is 31.3 Å². The fourth-order valence-electron chi connectivity index (χ4n) is 2.65. The lowest BCUT2D eigenvalue weighted by atomic mass is 9.96. The van der Waals surface area contributed by atoms with Gasteiger partial charge in [-0.15, -0.1) is 0 Å². The molecule has 0 amide bonds. The molecule has 0 saturated heterocycles. The van der Waals surface area contributed by atoms with Gasteiger partial charge in [-0.3, -0.25) is 14.9 Å². The van der Waals surface area contributed by atoms with E-state index in [4.69, 9.17) is 4.74 Å². The lowest BCUT2D eigenvalue weighted by Gasteiger charge is -2.11. The van der Waals surface area contributed by atoms with Crippen molar-refractivity contribution in [2.45, 2.75) is 6.10 Å². The van der Waals surface area contributed by atoms with Crippen molar-refractivity contribution in [2.75, 3.05) is 7.05 Å². The summed E-state index contributed by atoms with van der Waals surface area (Å²) in [6, 6.07) is 13.4. The highest BCUT2D eigenvalue weighted by Gasteiger charge is 2.39. The second kappa shape index (κ2) is 6.45. The van der Waals surface area contributed by atoms with Crippen molar-refractivity contribution in [1.29, 1.82) is 0 Å². The number of nitrogens with zero attached hydrogens (tertiary/aromatic N) is 1. The van der Waals surface area contributed by atoms with E-state index in [0.717, 1.165) is 4.47 Å². The van der Waals surface area contributed by atoms with Crippen LogP contribution < -0.4 is 5.32 Å². The van der Waals surface area contributed by atoms with Crippen LogP contribution in [0.4, 0.5) is 5.69 Å². The molecule has 0 aromatic heterocycles. The van der Waals surface area contributed by atoms with Gasteiger partial charge in [-0.1, -0.05) is 40.2 Å². The smallest absolute Gasteiger partial charge is 0.276 e. The van der Waals surface area contributed by atoms with E-state index in [-0.39, 0.29) is 17.0 Å². The molecule has 0 fully saturated rings. The molecule has 0 bridgehead atoms. The number of nitro groups is 1. The summed E-state index contributed by atoms with van der Waals surface area (Å²) in [5.74, 6) is -0.00648. The maximum absolute atomic E-state index is 12.9. The van der Waals surface area contributed by atoms with Gasteiger partial charge in [-0.25, -0.2) is 0 Å². The van der Waals surface area contributed by atoms with Gasteiger partial charge < -0.3 is 10.1 Å². The summed E-state index contributed by atoms with van der Waals surface area (Å²) in [7, 11) is 1.64. The lowest BCUT2D eigenvalue weighted by molar-refractivity contribution is -0.386. The molecule has 0 radical (unpaired) electrons. The van der Waals surface area contributed by atoms with E-state index in [1.807, 2.05) is 12.1 Å². The fourth-order valence-corrected chi connectivity index (χ4v) is 3.05. The lowest BCUT2D eigenvalue weighted by Crippen LogP contribution is -2.12. The molecule has 3 rings (SSSR count). The molecule has 6 nitrogen and oxygen atoms in total. The Kier molecular flexibility index (Phi) is 4.35. The van der Waals surface area contributed by atoms with E-state index >= 15 is 0 Å². The Morgan fingerprint density at radius 2 is 1.96 bits per heavy atom. The first kappa shape index (κ1) is 16.2. The van der Waals surface area contributed by atoms with Gasteiger partial charge in [0.2, 0.25) is 5.78 Å². The molecule has 122 valence electrons. The average Bonchev–Trinajstić information content (AvgIpc) is 2.91. The number of ketones is 1. The Bertz CT molecular complexity index is 863. The number of rotatable bonds is 4. The molecule has 1 unspecified atom stereocenters. The largest absolute Gasteiger partial charge is 0.462 e. The number of halogens is 1. The Morgan fingerprint density at radius 1 is 1.21 bits per heavy atom. The van der Waals surface area contributed by atoms with E-state index in [0.29, 0.717) is 17.0 Å². The quantitative estimate of drug-likeness (QED) is 0.639. The van der Waals surface area contributed by atoms with Crippen molar-refractivity contribution in [2.24, 2.45) is 0 Å². The fraction of sp³-hybridized carbons (Fsp3) is 0.118. The summed E-state index contributed by atoms with van der Waals surface area (Å²) in [4.78, 5) is 23.6.